The highest BCUT2D eigenvalue weighted by Gasteiger charge is 2.30. The second-order valence-corrected chi connectivity index (χ2v) is 6.78. The molecule has 16 heavy (non-hydrogen) atoms. The van der Waals surface area contributed by atoms with Gasteiger partial charge in [-0.05, 0) is 13.3 Å². The van der Waals surface area contributed by atoms with Gasteiger partial charge in [-0.15, -0.1) is 0 Å². The fraction of sp³-hybridized carbons (Fsp3) is 0.900. The molecule has 1 unspecified atom stereocenters. The number of carbonyl (C=O) groups excluding carboxylic acids is 1. The van der Waals surface area contributed by atoms with Crippen molar-refractivity contribution >= 4 is 15.7 Å². The Morgan fingerprint density at radius 3 is 2.31 bits per heavy atom. The first kappa shape index (κ1) is 15.4. The minimum absolute atomic E-state index is 0.0303. The molecule has 0 aromatic rings. The maximum Gasteiger partial charge on any atom is 0.242 e. The van der Waals surface area contributed by atoms with Crippen molar-refractivity contribution in [3.05, 3.63) is 0 Å². The molecule has 0 aliphatic rings. The van der Waals surface area contributed by atoms with Gasteiger partial charge in [0.05, 0.1) is 11.3 Å². The minimum Gasteiger partial charge on any atom is -0.343 e. The zero-order chi connectivity index (χ0) is 13.0. The molecule has 0 saturated carbocycles. The van der Waals surface area contributed by atoms with Crippen molar-refractivity contribution in [1.29, 1.82) is 0 Å². The van der Waals surface area contributed by atoms with Crippen molar-refractivity contribution < 1.29 is 13.2 Å². The molecule has 0 rings (SSSR count). The third kappa shape index (κ3) is 5.46. The largest absolute Gasteiger partial charge is 0.343 e. The van der Waals surface area contributed by atoms with Crippen molar-refractivity contribution in [2.24, 2.45) is 5.73 Å². The zero-order valence-corrected chi connectivity index (χ0v) is 11.3. The lowest BCUT2D eigenvalue weighted by atomic mass is 9.96. The number of nitrogens with two attached hydrogens (primary N) is 1. The van der Waals surface area contributed by atoms with Crippen LogP contribution in [0.4, 0.5) is 0 Å². The fourth-order valence-corrected chi connectivity index (χ4v) is 2.07. The summed E-state index contributed by atoms with van der Waals surface area (Å²) >= 11 is 0. The fourth-order valence-electron chi connectivity index (χ4n) is 1.47. The highest BCUT2D eigenvalue weighted by molar-refractivity contribution is 7.90. The summed E-state index contributed by atoms with van der Waals surface area (Å²) in [5.74, 6) is -0.240. The van der Waals surface area contributed by atoms with Crippen molar-refractivity contribution in [3.63, 3.8) is 0 Å². The van der Waals surface area contributed by atoms with Gasteiger partial charge in [-0.25, -0.2) is 8.42 Å². The molecule has 0 spiro atoms. The molecule has 0 heterocycles. The van der Waals surface area contributed by atoms with Crippen molar-refractivity contribution in [2.45, 2.75) is 32.2 Å². The maximum atomic E-state index is 11.9. The lowest BCUT2D eigenvalue weighted by Crippen LogP contribution is -2.52. The smallest absolute Gasteiger partial charge is 0.242 e. The summed E-state index contributed by atoms with van der Waals surface area (Å²) in [6, 6.07) is 0. The van der Waals surface area contributed by atoms with Crippen molar-refractivity contribution in [3.8, 4) is 0 Å². The van der Waals surface area contributed by atoms with E-state index >= 15 is 0 Å². The average molecular weight is 250 g/mol. The van der Waals surface area contributed by atoms with E-state index in [-0.39, 0.29) is 18.2 Å². The van der Waals surface area contributed by atoms with Gasteiger partial charge >= 0.3 is 0 Å². The Kier molecular flexibility index (Phi) is 5.41. The van der Waals surface area contributed by atoms with Crippen LogP contribution in [0.25, 0.3) is 0 Å². The molecular weight excluding hydrogens is 228 g/mol. The first-order valence-electron chi connectivity index (χ1n) is 5.32. The normalized spacial score (nSPS) is 15.6. The van der Waals surface area contributed by atoms with Gasteiger partial charge in [-0.2, -0.15) is 0 Å². The van der Waals surface area contributed by atoms with Crippen LogP contribution in [0.2, 0.25) is 0 Å². The van der Waals surface area contributed by atoms with Crippen molar-refractivity contribution in [1.82, 2.24) is 4.90 Å². The number of sulfone groups is 1. The predicted molar refractivity (Wildman–Crippen MR) is 64.8 cm³/mol. The predicted octanol–water partition coefficient (Wildman–Crippen LogP) is 0.00690. The van der Waals surface area contributed by atoms with E-state index in [1.54, 1.807) is 14.0 Å². The minimum atomic E-state index is -3.05. The van der Waals surface area contributed by atoms with Crippen LogP contribution in [0.15, 0.2) is 0 Å². The first-order valence-corrected chi connectivity index (χ1v) is 7.38. The molecule has 0 saturated heterocycles. The van der Waals surface area contributed by atoms with Gasteiger partial charge in [0.1, 0.15) is 9.84 Å². The molecular formula is C10H22N2O3S. The molecule has 1 amide bonds. The number of hydrogen-bond acceptors (Lipinski definition) is 4. The Morgan fingerprint density at radius 1 is 1.44 bits per heavy atom. The van der Waals surface area contributed by atoms with Crippen LogP contribution in [-0.4, -0.2) is 50.4 Å². The molecule has 0 fully saturated rings. The maximum absolute atomic E-state index is 11.9. The van der Waals surface area contributed by atoms with E-state index in [9.17, 15) is 13.2 Å². The van der Waals surface area contributed by atoms with Gasteiger partial charge < -0.3 is 10.6 Å². The summed E-state index contributed by atoms with van der Waals surface area (Å²) < 4.78 is 21.9. The van der Waals surface area contributed by atoms with E-state index in [0.717, 1.165) is 12.7 Å². The van der Waals surface area contributed by atoms with E-state index in [0.29, 0.717) is 6.42 Å². The van der Waals surface area contributed by atoms with Crippen LogP contribution in [0.3, 0.4) is 0 Å². The summed E-state index contributed by atoms with van der Waals surface area (Å²) in [4.78, 5) is 13.3. The molecule has 5 nitrogen and oxygen atoms in total. The second-order valence-electron chi connectivity index (χ2n) is 4.52. The zero-order valence-electron chi connectivity index (χ0n) is 10.5. The SMILES string of the molecule is CCCC(C)(N)C(=O)N(C)CCS(C)(=O)=O. The number of carbonyl (C=O) groups is 1. The van der Waals surface area contributed by atoms with Gasteiger partial charge in [0.15, 0.2) is 0 Å². The summed E-state index contributed by atoms with van der Waals surface area (Å²) in [5, 5.41) is 0. The summed E-state index contributed by atoms with van der Waals surface area (Å²) in [6.07, 6.45) is 2.56. The number of amides is 1. The molecule has 96 valence electrons. The lowest BCUT2D eigenvalue weighted by Gasteiger charge is -2.28. The number of likely N-dealkylation sites (N-methyl/N-ethyl adjacent to an activating group) is 1. The van der Waals surface area contributed by atoms with Crippen LogP contribution in [0, 0.1) is 0 Å². The van der Waals surface area contributed by atoms with Gasteiger partial charge in [0, 0.05) is 19.8 Å². The molecule has 2 N–H and O–H groups in total. The van der Waals surface area contributed by atoms with Gasteiger partial charge in [0.25, 0.3) is 0 Å². The Labute approximate surface area is 97.9 Å². The Hall–Kier alpha value is -0.620. The third-order valence-corrected chi connectivity index (χ3v) is 3.33. The molecule has 1 atom stereocenters. The second kappa shape index (κ2) is 5.63. The highest BCUT2D eigenvalue weighted by atomic mass is 32.2. The summed E-state index contributed by atoms with van der Waals surface area (Å²) in [5.41, 5.74) is 4.97. The molecule has 0 aromatic heterocycles. The third-order valence-electron chi connectivity index (χ3n) is 2.40. The summed E-state index contributed by atoms with van der Waals surface area (Å²) in [7, 11) is -1.47. The summed E-state index contributed by atoms with van der Waals surface area (Å²) in [6.45, 7) is 3.82. The number of nitrogens with zero attached hydrogens (tertiary/aromatic N) is 1. The van der Waals surface area contributed by atoms with Crippen LogP contribution < -0.4 is 5.73 Å². The quantitative estimate of drug-likeness (QED) is 0.720. The molecule has 0 aliphatic heterocycles. The van der Waals surface area contributed by atoms with Crippen LogP contribution in [-0.2, 0) is 14.6 Å². The lowest BCUT2D eigenvalue weighted by molar-refractivity contribution is -0.135. The van der Waals surface area contributed by atoms with Gasteiger partial charge in [-0.3, -0.25) is 4.79 Å². The Bertz CT molecular complexity index is 336. The number of hydrogen-bond donors (Lipinski definition) is 1. The molecule has 0 aromatic carbocycles. The van der Waals surface area contributed by atoms with Gasteiger partial charge in [-0.1, -0.05) is 13.3 Å². The van der Waals surface area contributed by atoms with Crippen molar-refractivity contribution in [2.75, 3.05) is 25.6 Å². The van der Waals surface area contributed by atoms with Gasteiger partial charge in [0.2, 0.25) is 5.91 Å². The van der Waals surface area contributed by atoms with E-state index in [4.69, 9.17) is 5.73 Å². The monoisotopic (exact) mass is 250 g/mol. The highest BCUT2D eigenvalue weighted by Crippen LogP contribution is 2.11. The Balaban J connectivity index is 4.39. The van der Waals surface area contributed by atoms with E-state index in [2.05, 4.69) is 0 Å². The average Bonchev–Trinajstić information content (AvgIpc) is 2.11. The van der Waals surface area contributed by atoms with Crippen LogP contribution >= 0.6 is 0 Å². The van der Waals surface area contributed by atoms with Crippen LogP contribution in [0.1, 0.15) is 26.7 Å². The first-order chi connectivity index (χ1) is 7.10. The van der Waals surface area contributed by atoms with Crippen LogP contribution in [0.5, 0.6) is 0 Å². The topological polar surface area (TPSA) is 80.5 Å². The van der Waals surface area contributed by atoms with E-state index in [1.807, 2.05) is 6.92 Å². The molecule has 0 bridgehead atoms. The molecule has 0 radical (unpaired) electrons. The standard InChI is InChI=1S/C10H22N2O3S/c1-5-6-10(2,11)9(13)12(3)7-8-16(4,14)15/h5-8,11H2,1-4H3. The Morgan fingerprint density at radius 2 is 1.94 bits per heavy atom. The number of rotatable bonds is 6. The molecule has 6 heteroatoms. The molecule has 0 aliphatic carbocycles. The van der Waals surface area contributed by atoms with E-state index < -0.39 is 15.4 Å². The van der Waals surface area contributed by atoms with E-state index in [1.165, 1.54) is 4.90 Å².